The van der Waals surface area contributed by atoms with E-state index >= 15 is 0 Å². The Hall–Kier alpha value is -1.64. The second-order valence-electron chi connectivity index (χ2n) is 6.03. The van der Waals surface area contributed by atoms with Crippen LogP contribution in [0.5, 0.6) is 0 Å². The van der Waals surface area contributed by atoms with Crippen molar-refractivity contribution in [3.8, 4) is 0 Å². The van der Waals surface area contributed by atoms with E-state index in [2.05, 4.69) is 19.9 Å². The van der Waals surface area contributed by atoms with Crippen molar-refractivity contribution in [3.63, 3.8) is 0 Å². The van der Waals surface area contributed by atoms with Gasteiger partial charge in [-0.1, -0.05) is 38.8 Å². The molecule has 2 aliphatic rings. The van der Waals surface area contributed by atoms with E-state index < -0.39 is 11.4 Å². The number of hydrogen-bond donors (Lipinski definition) is 0. The lowest BCUT2D eigenvalue weighted by atomic mass is 9.59. The average molecular weight is 272 g/mol. The van der Waals surface area contributed by atoms with Gasteiger partial charge in [0.15, 0.2) is 0 Å². The number of unbranched alkanes of at least 4 members (excludes halogenated alkanes) is 1. The normalized spacial score (nSPS) is 28.0. The minimum absolute atomic E-state index is 0.225. The summed E-state index contributed by atoms with van der Waals surface area (Å²) < 4.78 is 5.10. The first-order valence-corrected chi connectivity index (χ1v) is 7.50. The highest BCUT2D eigenvalue weighted by atomic mass is 16.6. The van der Waals surface area contributed by atoms with E-state index in [9.17, 15) is 9.59 Å². The number of aryl methyl sites for hydroxylation is 1. The second-order valence-corrected chi connectivity index (χ2v) is 6.03. The fourth-order valence-electron chi connectivity index (χ4n) is 3.83. The molecule has 0 amide bonds. The molecule has 0 bridgehead atoms. The van der Waals surface area contributed by atoms with Crippen LogP contribution in [0, 0.1) is 5.92 Å². The maximum absolute atomic E-state index is 12.6. The fourth-order valence-corrected chi connectivity index (χ4v) is 3.83. The van der Waals surface area contributed by atoms with Crippen molar-refractivity contribution in [1.82, 2.24) is 0 Å². The van der Waals surface area contributed by atoms with Crippen LogP contribution in [0.2, 0.25) is 0 Å². The molecule has 3 rings (SSSR count). The average Bonchev–Trinajstić information content (AvgIpc) is 2.45. The van der Waals surface area contributed by atoms with Gasteiger partial charge in [-0.05, 0) is 42.4 Å². The predicted molar refractivity (Wildman–Crippen MR) is 75.6 cm³/mol. The summed E-state index contributed by atoms with van der Waals surface area (Å²) >= 11 is 0. The topological polar surface area (TPSA) is 43.4 Å². The van der Waals surface area contributed by atoms with E-state index in [0.29, 0.717) is 5.56 Å². The summed E-state index contributed by atoms with van der Waals surface area (Å²) in [7, 11) is 0. The van der Waals surface area contributed by atoms with Crippen molar-refractivity contribution in [2.45, 2.75) is 51.4 Å². The summed E-state index contributed by atoms with van der Waals surface area (Å²) in [5.41, 5.74) is 2.12. The van der Waals surface area contributed by atoms with E-state index in [1.807, 2.05) is 6.07 Å². The van der Waals surface area contributed by atoms with Gasteiger partial charge in [-0.15, -0.1) is 0 Å². The summed E-state index contributed by atoms with van der Waals surface area (Å²) in [6.07, 6.45) is 4.71. The van der Waals surface area contributed by atoms with Crippen LogP contribution in [0.3, 0.4) is 0 Å². The maximum Gasteiger partial charge on any atom is 0.346 e. The van der Waals surface area contributed by atoms with Gasteiger partial charge in [-0.2, -0.15) is 0 Å². The molecule has 0 radical (unpaired) electrons. The standard InChI is InChI=1S/C17H20O3/c1-3-4-10-17-11(2)8-9-12-6-5-7-13(14(12)17)15(18)20-16(17)19/h5-7,11H,3-4,8-10H2,1-2H3. The highest BCUT2D eigenvalue weighted by Gasteiger charge is 2.54. The highest BCUT2D eigenvalue weighted by Crippen LogP contribution is 2.49. The van der Waals surface area contributed by atoms with Crippen molar-refractivity contribution in [3.05, 3.63) is 34.9 Å². The number of carbonyl (C=O) groups is 2. The van der Waals surface area contributed by atoms with Gasteiger partial charge in [-0.25, -0.2) is 4.79 Å². The number of rotatable bonds is 3. The van der Waals surface area contributed by atoms with E-state index in [1.165, 1.54) is 0 Å². The van der Waals surface area contributed by atoms with Crippen LogP contribution in [0.15, 0.2) is 18.2 Å². The van der Waals surface area contributed by atoms with Gasteiger partial charge in [-0.3, -0.25) is 4.79 Å². The lowest BCUT2D eigenvalue weighted by Crippen LogP contribution is -2.51. The minimum Gasteiger partial charge on any atom is -0.389 e. The number of hydrogen-bond acceptors (Lipinski definition) is 3. The lowest BCUT2D eigenvalue weighted by molar-refractivity contribution is -0.149. The van der Waals surface area contributed by atoms with Crippen LogP contribution in [-0.4, -0.2) is 11.9 Å². The third-order valence-corrected chi connectivity index (χ3v) is 4.98. The first-order valence-electron chi connectivity index (χ1n) is 7.50. The Morgan fingerprint density at radius 1 is 1.35 bits per heavy atom. The molecule has 20 heavy (non-hydrogen) atoms. The van der Waals surface area contributed by atoms with E-state index in [0.717, 1.165) is 43.2 Å². The zero-order valence-corrected chi connectivity index (χ0v) is 12.1. The fraction of sp³-hybridized carbons (Fsp3) is 0.529. The van der Waals surface area contributed by atoms with Gasteiger partial charge in [0, 0.05) is 0 Å². The largest absolute Gasteiger partial charge is 0.389 e. The zero-order valence-electron chi connectivity index (χ0n) is 12.1. The first-order chi connectivity index (χ1) is 9.61. The molecular formula is C17H20O3. The Morgan fingerprint density at radius 3 is 2.90 bits per heavy atom. The van der Waals surface area contributed by atoms with Gasteiger partial charge in [0.25, 0.3) is 0 Å². The lowest BCUT2D eigenvalue weighted by Gasteiger charge is -2.45. The first kappa shape index (κ1) is 13.3. The predicted octanol–water partition coefficient (Wildman–Crippen LogP) is 3.39. The number of benzene rings is 1. The van der Waals surface area contributed by atoms with E-state index in [-0.39, 0.29) is 11.9 Å². The molecule has 1 aliphatic carbocycles. The van der Waals surface area contributed by atoms with Gasteiger partial charge in [0.1, 0.15) is 0 Å². The molecule has 2 unspecified atom stereocenters. The van der Waals surface area contributed by atoms with Crippen molar-refractivity contribution < 1.29 is 14.3 Å². The summed E-state index contributed by atoms with van der Waals surface area (Å²) in [5, 5.41) is 0. The molecular weight excluding hydrogens is 252 g/mol. The van der Waals surface area contributed by atoms with Gasteiger partial charge in [0.2, 0.25) is 0 Å². The van der Waals surface area contributed by atoms with Crippen LogP contribution < -0.4 is 0 Å². The Balaban J connectivity index is 2.24. The number of cyclic esters (lactones) is 2. The molecule has 1 aliphatic heterocycles. The molecule has 0 spiro atoms. The van der Waals surface area contributed by atoms with Crippen LogP contribution in [-0.2, 0) is 21.4 Å². The van der Waals surface area contributed by atoms with Crippen LogP contribution in [0.25, 0.3) is 0 Å². The summed E-state index contributed by atoms with van der Waals surface area (Å²) in [6.45, 7) is 4.24. The van der Waals surface area contributed by atoms with Crippen LogP contribution >= 0.6 is 0 Å². The Labute approximate surface area is 119 Å². The Bertz CT molecular complexity index is 576. The van der Waals surface area contributed by atoms with Crippen LogP contribution in [0.4, 0.5) is 0 Å². The third-order valence-electron chi connectivity index (χ3n) is 4.98. The molecule has 2 atom stereocenters. The molecule has 3 heteroatoms. The van der Waals surface area contributed by atoms with Crippen molar-refractivity contribution in [2.24, 2.45) is 5.92 Å². The molecule has 0 N–H and O–H groups in total. The van der Waals surface area contributed by atoms with Crippen molar-refractivity contribution in [1.29, 1.82) is 0 Å². The molecule has 3 nitrogen and oxygen atoms in total. The molecule has 1 aromatic carbocycles. The van der Waals surface area contributed by atoms with Crippen molar-refractivity contribution >= 4 is 11.9 Å². The number of carbonyl (C=O) groups excluding carboxylic acids is 2. The van der Waals surface area contributed by atoms with E-state index in [4.69, 9.17) is 4.74 Å². The number of ether oxygens (including phenoxy) is 1. The third kappa shape index (κ3) is 1.65. The summed E-state index contributed by atoms with van der Waals surface area (Å²) in [4.78, 5) is 24.6. The molecule has 0 saturated heterocycles. The van der Waals surface area contributed by atoms with Crippen LogP contribution in [0.1, 0.15) is 61.0 Å². The maximum atomic E-state index is 12.6. The van der Waals surface area contributed by atoms with Crippen molar-refractivity contribution in [2.75, 3.05) is 0 Å². The SMILES string of the molecule is CCCCC12C(=O)OC(=O)c3cccc(c31)CCC2C. The smallest absolute Gasteiger partial charge is 0.346 e. The molecule has 0 fully saturated rings. The van der Waals surface area contributed by atoms with E-state index in [1.54, 1.807) is 6.07 Å². The molecule has 0 aromatic heterocycles. The summed E-state index contributed by atoms with van der Waals surface area (Å²) in [5.74, 6) is -0.584. The summed E-state index contributed by atoms with van der Waals surface area (Å²) in [6, 6.07) is 5.75. The quantitative estimate of drug-likeness (QED) is 0.625. The van der Waals surface area contributed by atoms with Gasteiger partial charge < -0.3 is 4.74 Å². The highest BCUT2D eigenvalue weighted by molar-refractivity contribution is 6.07. The second kappa shape index (κ2) is 4.72. The Morgan fingerprint density at radius 2 is 2.15 bits per heavy atom. The molecule has 1 aromatic rings. The monoisotopic (exact) mass is 272 g/mol. The van der Waals surface area contributed by atoms with Gasteiger partial charge >= 0.3 is 11.9 Å². The molecule has 106 valence electrons. The Kier molecular flexibility index (Phi) is 3.15. The zero-order chi connectivity index (χ0) is 14.3. The molecule has 1 heterocycles. The number of esters is 2. The minimum atomic E-state index is -0.603. The van der Waals surface area contributed by atoms with Gasteiger partial charge in [0.05, 0.1) is 11.0 Å². The molecule has 0 saturated carbocycles.